The number of nitrogens with one attached hydrogen (secondary N) is 1. The molecule has 0 spiro atoms. The highest BCUT2D eigenvalue weighted by Gasteiger charge is 2.32. The molecule has 0 aliphatic carbocycles. The van der Waals surface area contributed by atoms with Crippen molar-refractivity contribution in [2.75, 3.05) is 25.6 Å². The first-order valence-electron chi connectivity index (χ1n) is 8.41. The van der Waals surface area contributed by atoms with E-state index < -0.39 is 12.1 Å². The molecule has 0 fully saturated rings. The molecule has 0 bridgehead atoms. The van der Waals surface area contributed by atoms with Crippen molar-refractivity contribution in [3.63, 3.8) is 0 Å². The summed E-state index contributed by atoms with van der Waals surface area (Å²) in [5.74, 6) is 0.165. The van der Waals surface area contributed by atoms with E-state index in [0.29, 0.717) is 23.6 Å². The van der Waals surface area contributed by atoms with Crippen LogP contribution < -0.4 is 20.5 Å². The fraction of sp³-hybridized carbons (Fsp3) is 0.200. The van der Waals surface area contributed by atoms with Crippen molar-refractivity contribution in [1.82, 2.24) is 4.90 Å². The Morgan fingerprint density at radius 3 is 2.78 bits per heavy atom. The van der Waals surface area contributed by atoms with E-state index in [1.807, 2.05) is 24.3 Å². The predicted octanol–water partition coefficient (Wildman–Crippen LogP) is 2.31. The highest BCUT2D eigenvalue weighted by Crippen LogP contribution is 2.36. The molecule has 140 valence electrons. The molecule has 1 aliphatic rings. The number of para-hydroxylation sites is 1. The predicted molar refractivity (Wildman–Crippen MR) is 102 cm³/mol. The van der Waals surface area contributed by atoms with E-state index in [1.165, 1.54) is 7.11 Å². The lowest BCUT2D eigenvalue weighted by molar-refractivity contribution is -0.119. The lowest BCUT2D eigenvalue weighted by Crippen LogP contribution is -2.43. The molecule has 0 radical (unpaired) electrons. The van der Waals surface area contributed by atoms with Gasteiger partial charge in [-0.3, -0.25) is 9.59 Å². The van der Waals surface area contributed by atoms with Gasteiger partial charge in [0.25, 0.3) is 11.8 Å². The molecule has 7 nitrogen and oxygen atoms in total. The topological polar surface area (TPSA) is 93.9 Å². The summed E-state index contributed by atoms with van der Waals surface area (Å²) in [5, 5.41) is 3.38. The molecule has 1 atom stereocenters. The largest absolute Gasteiger partial charge is 0.493 e. The quantitative estimate of drug-likeness (QED) is 0.733. The zero-order valence-electron chi connectivity index (χ0n) is 15.0. The molecule has 2 amide bonds. The van der Waals surface area contributed by atoms with Gasteiger partial charge in [0.15, 0.2) is 18.1 Å². The van der Waals surface area contributed by atoms with Crippen LogP contribution in [0.15, 0.2) is 55.1 Å². The van der Waals surface area contributed by atoms with Crippen LogP contribution in [-0.2, 0) is 4.79 Å². The SMILES string of the molecule is C=CCN1C(=O)c2ccccc2NC1c1ccc(OC)c(OCC(N)=O)c1. The third kappa shape index (κ3) is 3.72. The number of hydrogen-bond donors (Lipinski definition) is 2. The first-order chi connectivity index (χ1) is 13.0. The van der Waals surface area contributed by atoms with E-state index >= 15 is 0 Å². The molecule has 0 saturated carbocycles. The Bertz CT molecular complexity index is 881. The molecule has 2 aromatic carbocycles. The molecule has 2 aromatic rings. The van der Waals surface area contributed by atoms with Crippen molar-refractivity contribution >= 4 is 17.5 Å². The molecule has 7 heteroatoms. The van der Waals surface area contributed by atoms with Gasteiger partial charge in [-0.05, 0) is 29.8 Å². The number of hydrogen-bond acceptors (Lipinski definition) is 5. The lowest BCUT2D eigenvalue weighted by atomic mass is 10.0. The minimum absolute atomic E-state index is 0.0929. The summed E-state index contributed by atoms with van der Waals surface area (Å²) in [6.45, 7) is 3.85. The minimum atomic E-state index is -0.587. The molecule has 1 heterocycles. The summed E-state index contributed by atoms with van der Waals surface area (Å²) in [7, 11) is 1.51. The average Bonchev–Trinajstić information content (AvgIpc) is 2.68. The maximum Gasteiger partial charge on any atom is 0.258 e. The number of carbonyl (C=O) groups is 2. The zero-order valence-corrected chi connectivity index (χ0v) is 15.0. The van der Waals surface area contributed by atoms with Gasteiger partial charge in [0, 0.05) is 12.2 Å². The smallest absolute Gasteiger partial charge is 0.258 e. The summed E-state index contributed by atoms with van der Waals surface area (Å²) in [5.41, 5.74) is 7.30. The third-order valence-electron chi connectivity index (χ3n) is 4.22. The second kappa shape index (κ2) is 7.82. The first kappa shape index (κ1) is 18.3. The van der Waals surface area contributed by atoms with Gasteiger partial charge >= 0.3 is 0 Å². The number of methoxy groups -OCH3 is 1. The van der Waals surface area contributed by atoms with Gasteiger partial charge in [0.05, 0.1) is 12.7 Å². The molecule has 0 saturated heterocycles. The lowest BCUT2D eigenvalue weighted by Gasteiger charge is -2.37. The number of nitrogens with zero attached hydrogens (tertiary/aromatic N) is 1. The van der Waals surface area contributed by atoms with Crippen molar-refractivity contribution in [2.45, 2.75) is 6.17 Å². The number of benzene rings is 2. The Balaban J connectivity index is 2.00. The fourth-order valence-electron chi connectivity index (χ4n) is 3.01. The molecule has 3 rings (SSSR count). The van der Waals surface area contributed by atoms with Gasteiger partial charge in [-0.2, -0.15) is 0 Å². The van der Waals surface area contributed by atoms with Gasteiger partial charge in [0.1, 0.15) is 6.17 Å². The van der Waals surface area contributed by atoms with Crippen LogP contribution in [-0.4, -0.2) is 37.0 Å². The average molecular weight is 367 g/mol. The van der Waals surface area contributed by atoms with Crippen LogP contribution in [0.3, 0.4) is 0 Å². The van der Waals surface area contributed by atoms with Crippen LogP contribution in [0.1, 0.15) is 22.1 Å². The van der Waals surface area contributed by atoms with Gasteiger partial charge in [0.2, 0.25) is 0 Å². The second-order valence-corrected chi connectivity index (χ2v) is 6.00. The third-order valence-corrected chi connectivity index (χ3v) is 4.22. The fourth-order valence-corrected chi connectivity index (χ4v) is 3.01. The van der Waals surface area contributed by atoms with Crippen molar-refractivity contribution < 1.29 is 19.1 Å². The van der Waals surface area contributed by atoms with Crippen LogP contribution in [0.5, 0.6) is 11.5 Å². The normalized spacial score (nSPS) is 15.5. The molecule has 1 unspecified atom stereocenters. The summed E-state index contributed by atoms with van der Waals surface area (Å²) >= 11 is 0. The molecular formula is C20H21N3O4. The van der Waals surface area contributed by atoms with Crippen molar-refractivity contribution in [3.05, 3.63) is 66.2 Å². The Labute approximate surface area is 157 Å². The maximum absolute atomic E-state index is 12.9. The highest BCUT2D eigenvalue weighted by atomic mass is 16.5. The van der Waals surface area contributed by atoms with E-state index in [1.54, 1.807) is 29.2 Å². The minimum Gasteiger partial charge on any atom is -0.493 e. The van der Waals surface area contributed by atoms with Crippen LogP contribution in [0.25, 0.3) is 0 Å². The number of rotatable bonds is 7. The number of amides is 2. The number of carbonyl (C=O) groups excluding carboxylic acids is 2. The summed E-state index contributed by atoms with van der Waals surface area (Å²) in [6, 6.07) is 12.6. The second-order valence-electron chi connectivity index (χ2n) is 6.00. The van der Waals surface area contributed by atoms with E-state index in [2.05, 4.69) is 11.9 Å². The number of fused-ring (bicyclic) bond motifs is 1. The van der Waals surface area contributed by atoms with Crippen LogP contribution in [0.4, 0.5) is 5.69 Å². The van der Waals surface area contributed by atoms with Crippen molar-refractivity contribution in [3.8, 4) is 11.5 Å². The maximum atomic E-state index is 12.9. The molecule has 3 N–H and O–H groups in total. The van der Waals surface area contributed by atoms with E-state index in [4.69, 9.17) is 15.2 Å². The summed E-state index contributed by atoms with van der Waals surface area (Å²) < 4.78 is 10.7. The molecule has 27 heavy (non-hydrogen) atoms. The van der Waals surface area contributed by atoms with Gasteiger partial charge in [-0.15, -0.1) is 6.58 Å². The number of nitrogens with two attached hydrogens (primary N) is 1. The summed E-state index contributed by atoms with van der Waals surface area (Å²) in [6.07, 6.45) is 1.25. The van der Waals surface area contributed by atoms with E-state index in [9.17, 15) is 9.59 Å². The molecule has 0 aromatic heterocycles. The standard InChI is InChI=1S/C20H21N3O4/c1-3-10-23-19(22-15-7-5-4-6-14(15)20(23)25)13-8-9-16(26-2)17(11-13)27-12-18(21)24/h3-9,11,19,22H,1,10,12H2,2H3,(H2,21,24). The number of primary amides is 1. The zero-order chi connectivity index (χ0) is 19.4. The molecular weight excluding hydrogens is 346 g/mol. The van der Waals surface area contributed by atoms with Gasteiger partial charge in [-0.1, -0.05) is 24.3 Å². The van der Waals surface area contributed by atoms with E-state index in [-0.39, 0.29) is 12.5 Å². The van der Waals surface area contributed by atoms with Crippen molar-refractivity contribution in [1.29, 1.82) is 0 Å². The first-order valence-corrected chi connectivity index (χ1v) is 8.41. The number of anilines is 1. The van der Waals surface area contributed by atoms with E-state index in [0.717, 1.165) is 11.3 Å². The Kier molecular flexibility index (Phi) is 5.30. The van der Waals surface area contributed by atoms with Crippen molar-refractivity contribution in [2.24, 2.45) is 5.73 Å². The van der Waals surface area contributed by atoms with Crippen LogP contribution in [0, 0.1) is 0 Å². The highest BCUT2D eigenvalue weighted by molar-refractivity contribution is 6.01. The molecule has 1 aliphatic heterocycles. The Hall–Kier alpha value is -3.48. The van der Waals surface area contributed by atoms with Crippen LogP contribution >= 0.6 is 0 Å². The Morgan fingerprint density at radius 2 is 2.07 bits per heavy atom. The van der Waals surface area contributed by atoms with Gasteiger partial charge in [-0.25, -0.2) is 0 Å². The monoisotopic (exact) mass is 367 g/mol. The summed E-state index contributed by atoms with van der Waals surface area (Å²) in [4.78, 5) is 25.7. The Morgan fingerprint density at radius 1 is 1.30 bits per heavy atom. The van der Waals surface area contributed by atoms with Crippen LogP contribution in [0.2, 0.25) is 0 Å². The number of ether oxygens (including phenoxy) is 2. The van der Waals surface area contributed by atoms with Gasteiger partial charge < -0.3 is 25.4 Å².